The standard InChI is InChI=1S/C24H32O8/c1-11(2)29-21-17(25)10-15(18(26)22(21)30-12(3)4)9-16-19(27)23(31-13(5)6)24(20(16)28)32-14(7)8/h10-14,16H,9H2,1-8H3. The third kappa shape index (κ3) is 5.66. The smallest absolute Gasteiger partial charge is 0.227 e. The number of carbonyl (C=O) groups is 4. The Morgan fingerprint density at radius 3 is 1.41 bits per heavy atom. The van der Waals surface area contributed by atoms with Crippen LogP contribution in [0.3, 0.4) is 0 Å². The van der Waals surface area contributed by atoms with Gasteiger partial charge in [0, 0.05) is 5.57 Å². The van der Waals surface area contributed by atoms with E-state index < -0.39 is 29.1 Å². The molecule has 2 rings (SSSR count). The van der Waals surface area contributed by atoms with Crippen molar-refractivity contribution in [1.82, 2.24) is 0 Å². The first-order valence-corrected chi connectivity index (χ1v) is 10.9. The van der Waals surface area contributed by atoms with Crippen molar-refractivity contribution in [3.8, 4) is 0 Å². The molecular formula is C24H32O8. The minimum absolute atomic E-state index is 0.00292. The van der Waals surface area contributed by atoms with Gasteiger partial charge in [0.25, 0.3) is 0 Å². The van der Waals surface area contributed by atoms with E-state index in [9.17, 15) is 19.2 Å². The molecule has 0 atom stereocenters. The molecule has 0 N–H and O–H groups in total. The number of ketones is 4. The van der Waals surface area contributed by atoms with E-state index in [0.717, 1.165) is 6.08 Å². The molecule has 0 radical (unpaired) electrons. The van der Waals surface area contributed by atoms with Gasteiger partial charge in [-0.25, -0.2) is 0 Å². The highest BCUT2D eigenvalue weighted by molar-refractivity contribution is 6.25. The Labute approximate surface area is 188 Å². The van der Waals surface area contributed by atoms with Crippen LogP contribution < -0.4 is 0 Å². The van der Waals surface area contributed by atoms with Crippen LogP contribution in [0.4, 0.5) is 0 Å². The van der Waals surface area contributed by atoms with E-state index in [1.54, 1.807) is 55.4 Å². The molecule has 0 aromatic carbocycles. The van der Waals surface area contributed by atoms with Crippen LogP contribution in [-0.4, -0.2) is 47.5 Å². The monoisotopic (exact) mass is 448 g/mol. The Bertz CT molecular complexity index is 867. The van der Waals surface area contributed by atoms with Crippen molar-refractivity contribution in [1.29, 1.82) is 0 Å². The molecule has 0 saturated heterocycles. The van der Waals surface area contributed by atoms with Crippen molar-refractivity contribution in [2.45, 2.75) is 86.2 Å². The Hall–Kier alpha value is -2.90. The van der Waals surface area contributed by atoms with Crippen LogP contribution in [0.25, 0.3) is 0 Å². The van der Waals surface area contributed by atoms with E-state index in [1.165, 1.54) is 0 Å². The van der Waals surface area contributed by atoms with Gasteiger partial charge in [0.05, 0.1) is 30.3 Å². The number of ether oxygens (including phenoxy) is 4. The third-order valence-electron chi connectivity index (χ3n) is 4.36. The van der Waals surface area contributed by atoms with Crippen molar-refractivity contribution in [2.75, 3.05) is 0 Å². The maximum Gasteiger partial charge on any atom is 0.227 e. The molecule has 32 heavy (non-hydrogen) atoms. The summed E-state index contributed by atoms with van der Waals surface area (Å²) in [5.41, 5.74) is 0.00292. The van der Waals surface area contributed by atoms with Gasteiger partial charge in [-0.15, -0.1) is 0 Å². The fourth-order valence-corrected chi connectivity index (χ4v) is 3.25. The first-order valence-electron chi connectivity index (χ1n) is 10.9. The highest BCUT2D eigenvalue weighted by Crippen LogP contribution is 2.35. The maximum atomic E-state index is 13.1. The largest absolute Gasteiger partial charge is 0.484 e. The lowest BCUT2D eigenvalue weighted by Crippen LogP contribution is -2.29. The zero-order valence-corrected chi connectivity index (χ0v) is 19.9. The molecule has 8 heteroatoms. The molecule has 0 heterocycles. The molecule has 0 aromatic heterocycles. The summed E-state index contributed by atoms with van der Waals surface area (Å²) in [5, 5.41) is 0. The van der Waals surface area contributed by atoms with Crippen LogP contribution in [0.5, 0.6) is 0 Å². The van der Waals surface area contributed by atoms with E-state index in [2.05, 4.69) is 0 Å². The lowest BCUT2D eigenvalue weighted by atomic mass is 9.89. The molecule has 0 unspecified atom stereocenters. The van der Waals surface area contributed by atoms with Gasteiger partial charge < -0.3 is 18.9 Å². The van der Waals surface area contributed by atoms with Crippen molar-refractivity contribution >= 4 is 23.1 Å². The van der Waals surface area contributed by atoms with Crippen LogP contribution in [0.15, 0.2) is 34.7 Å². The number of rotatable bonds is 10. The Balaban J connectivity index is 2.36. The Kier molecular flexibility index (Phi) is 8.04. The molecule has 0 spiro atoms. The summed E-state index contributed by atoms with van der Waals surface area (Å²) in [7, 11) is 0. The van der Waals surface area contributed by atoms with Gasteiger partial charge in [-0.05, 0) is 67.9 Å². The number of allylic oxidation sites excluding steroid dienone is 4. The molecule has 0 amide bonds. The molecule has 0 bridgehead atoms. The van der Waals surface area contributed by atoms with Crippen LogP contribution in [0.1, 0.15) is 61.8 Å². The molecule has 176 valence electrons. The lowest BCUT2D eigenvalue weighted by Gasteiger charge is -2.23. The fourth-order valence-electron chi connectivity index (χ4n) is 3.25. The van der Waals surface area contributed by atoms with Crippen LogP contribution in [0, 0.1) is 5.92 Å². The van der Waals surface area contributed by atoms with Crippen molar-refractivity contribution < 1.29 is 38.1 Å². The van der Waals surface area contributed by atoms with Gasteiger partial charge in [0.2, 0.25) is 46.2 Å². The van der Waals surface area contributed by atoms with Gasteiger partial charge in [-0.3, -0.25) is 19.2 Å². The third-order valence-corrected chi connectivity index (χ3v) is 4.36. The molecule has 0 aliphatic heterocycles. The Morgan fingerprint density at radius 1 is 0.625 bits per heavy atom. The second-order valence-corrected chi connectivity index (χ2v) is 8.83. The molecular weight excluding hydrogens is 416 g/mol. The summed E-state index contributed by atoms with van der Waals surface area (Å²) >= 11 is 0. The predicted octanol–water partition coefficient (Wildman–Crippen LogP) is 3.35. The van der Waals surface area contributed by atoms with Crippen molar-refractivity contribution in [2.24, 2.45) is 5.92 Å². The predicted molar refractivity (Wildman–Crippen MR) is 115 cm³/mol. The second-order valence-electron chi connectivity index (χ2n) is 8.83. The molecule has 2 aliphatic rings. The van der Waals surface area contributed by atoms with Gasteiger partial charge in [-0.2, -0.15) is 0 Å². The normalized spacial score (nSPS) is 18.1. The number of carbonyl (C=O) groups excluding carboxylic acids is 4. The van der Waals surface area contributed by atoms with Gasteiger partial charge in [0.15, 0.2) is 0 Å². The summed E-state index contributed by atoms with van der Waals surface area (Å²) in [4.78, 5) is 51.8. The molecule has 0 aromatic rings. The van der Waals surface area contributed by atoms with Gasteiger partial charge >= 0.3 is 0 Å². The average molecular weight is 449 g/mol. The van der Waals surface area contributed by atoms with E-state index in [0.29, 0.717) is 0 Å². The summed E-state index contributed by atoms with van der Waals surface area (Å²) in [5.74, 6) is -4.15. The van der Waals surface area contributed by atoms with Crippen LogP contribution >= 0.6 is 0 Å². The molecule has 8 nitrogen and oxygen atoms in total. The summed E-state index contributed by atoms with van der Waals surface area (Å²) in [6.07, 6.45) is -0.603. The fraction of sp³-hybridized carbons (Fsp3) is 0.583. The molecule has 0 fully saturated rings. The lowest BCUT2D eigenvalue weighted by molar-refractivity contribution is -0.129. The topological polar surface area (TPSA) is 105 Å². The number of hydrogen-bond donors (Lipinski definition) is 0. The SMILES string of the molecule is CC(C)OC1=C(OC(C)C)C(=O)C(CC2C(=O)C(OC(C)C)=C(OC(C)C)C2=O)=CC1=O. The maximum absolute atomic E-state index is 13.1. The minimum Gasteiger partial charge on any atom is -0.484 e. The number of Topliss-reactive ketones (excluding diaryl/α,β-unsaturated/α-hetero) is 3. The first kappa shape index (κ1) is 25.4. The van der Waals surface area contributed by atoms with Crippen molar-refractivity contribution in [3.05, 3.63) is 34.7 Å². The highest BCUT2D eigenvalue weighted by Gasteiger charge is 2.46. The van der Waals surface area contributed by atoms with Gasteiger partial charge in [0.1, 0.15) is 0 Å². The highest BCUT2D eigenvalue weighted by atomic mass is 16.5. The van der Waals surface area contributed by atoms with E-state index >= 15 is 0 Å². The summed E-state index contributed by atoms with van der Waals surface area (Å²) < 4.78 is 22.3. The zero-order valence-electron chi connectivity index (χ0n) is 19.9. The molecule has 2 aliphatic carbocycles. The summed E-state index contributed by atoms with van der Waals surface area (Å²) in [6, 6.07) is 0. The van der Waals surface area contributed by atoms with Crippen molar-refractivity contribution in [3.63, 3.8) is 0 Å². The second kappa shape index (κ2) is 10.1. The van der Waals surface area contributed by atoms with E-state index in [4.69, 9.17) is 18.9 Å². The quantitative estimate of drug-likeness (QED) is 0.370. The van der Waals surface area contributed by atoms with Crippen LogP contribution in [0.2, 0.25) is 0 Å². The number of hydrogen-bond acceptors (Lipinski definition) is 8. The first-order chi connectivity index (χ1) is 14.8. The van der Waals surface area contributed by atoms with E-state index in [-0.39, 0.29) is 59.4 Å². The Morgan fingerprint density at radius 2 is 1.00 bits per heavy atom. The average Bonchev–Trinajstić information content (AvgIpc) is 2.85. The van der Waals surface area contributed by atoms with E-state index in [1.807, 2.05) is 0 Å². The summed E-state index contributed by atoms with van der Waals surface area (Å²) in [6.45, 7) is 13.8. The van der Waals surface area contributed by atoms with Crippen LogP contribution in [-0.2, 0) is 38.1 Å². The minimum atomic E-state index is -1.21. The van der Waals surface area contributed by atoms with Gasteiger partial charge in [-0.1, -0.05) is 0 Å². The molecule has 0 saturated carbocycles. The zero-order chi connectivity index (χ0) is 24.3.